The fourth-order valence-electron chi connectivity index (χ4n) is 3.65. The van der Waals surface area contributed by atoms with Gasteiger partial charge in [0.25, 0.3) is 0 Å². The number of methoxy groups -OCH3 is 1. The molecule has 1 N–H and O–H groups in total. The molecular weight excluding hydrogens is 383 g/mol. The van der Waals surface area contributed by atoms with E-state index in [4.69, 9.17) is 4.74 Å². The molecule has 1 unspecified atom stereocenters. The Labute approximate surface area is 174 Å². The predicted octanol–water partition coefficient (Wildman–Crippen LogP) is 4.15. The van der Waals surface area contributed by atoms with Gasteiger partial charge < -0.3 is 15.0 Å². The van der Waals surface area contributed by atoms with Crippen LogP contribution in [0, 0.1) is 11.7 Å². The van der Waals surface area contributed by atoms with Crippen LogP contribution >= 0.6 is 0 Å². The molecule has 0 radical (unpaired) electrons. The van der Waals surface area contributed by atoms with E-state index in [1.54, 1.807) is 25.6 Å². The summed E-state index contributed by atoms with van der Waals surface area (Å²) in [6.07, 6.45) is 3.21. The second-order valence-electron chi connectivity index (χ2n) is 7.27. The molecular formula is C23H23FN4O2. The number of carbonyl (C=O) groups is 1. The molecule has 0 saturated carbocycles. The van der Waals surface area contributed by atoms with Gasteiger partial charge in [-0.25, -0.2) is 14.4 Å². The number of benzene rings is 2. The number of hydrogen-bond donors (Lipinski definition) is 1. The van der Waals surface area contributed by atoms with Crippen LogP contribution in [0.25, 0.3) is 11.3 Å². The van der Waals surface area contributed by atoms with E-state index >= 15 is 0 Å². The average molecular weight is 406 g/mol. The lowest BCUT2D eigenvalue weighted by molar-refractivity contribution is -0.120. The highest BCUT2D eigenvalue weighted by molar-refractivity contribution is 5.93. The average Bonchev–Trinajstić information content (AvgIpc) is 2.79. The summed E-state index contributed by atoms with van der Waals surface area (Å²) in [5.74, 6) is 0.913. The molecule has 0 bridgehead atoms. The molecule has 3 aromatic rings. The zero-order valence-electron chi connectivity index (χ0n) is 16.7. The summed E-state index contributed by atoms with van der Waals surface area (Å²) in [6, 6.07) is 15.6. The lowest BCUT2D eigenvalue weighted by atomic mass is 9.97. The summed E-state index contributed by atoms with van der Waals surface area (Å²) in [4.78, 5) is 23.6. The Bertz CT molecular complexity index is 1030. The molecule has 0 spiro atoms. The van der Waals surface area contributed by atoms with Gasteiger partial charge in [0.05, 0.1) is 18.7 Å². The van der Waals surface area contributed by atoms with E-state index in [0.29, 0.717) is 12.2 Å². The SMILES string of the molecule is COc1ccc(-c2cc(N3CCCC(C(=O)Nc4cccc(F)c4)C3)ncn2)cc1. The first-order valence-corrected chi connectivity index (χ1v) is 9.90. The van der Waals surface area contributed by atoms with Crippen molar-refractivity contribution < 1.29 is 13.9 Å². The van der Waals surface area contributed by atoms with Gasteiger partial charge in [-0.3, -0.25) is 4.79 Å². The summed E-state index contributed by atoms with van der Waals surface area (Å²) in [5.41, 5.74) is 2.26. The van der Waals surface area contributed by atoms with Gasteiger partial charge in [-0.2, -0.15) is 0 Å². The van der Waals surface area contributed by atoms with Gasteiger partial charge in [0.1, 0.15) is 23.7 Å². The maximum atomic E-state index is 13.4. The van der Waals surface area contributed by atoms with Gasteiger partial charge in [0, 0.05) is 30.4 Å². The zero-order valence-corrected chi connectivity index (χ0v) is 16.7. The lowest BCUT2D eigenvalue weighted by Gasteiger charge is -2.33. The fraction of sp³-hybridized carbons (Fsp3) is 0.261. The number of anilines is 2. The van der Waals surface area contributed by atoms with Crippen molar-refractivity contribution in [2.75, 3.05) is 30.4 Å². The monoisotopic (exact) mass is 406 g/mol. The van der Waals surface area contributed by atoms with Crippen molar-refractivity contribution in [1.82, 2.24) is 9.97 Å². The molecule has 7 heteroatoms. The number of halogens is 1. The van der Waals surface area contributed by atoms with Crippen molar-refractivity contribution >= 4 is 17.4 Å². The van der Waals surface area contributed by atoms with E-state index in [1.165, 1.54) is 12.1 Å². The third kappa shape index (κ3) is 4.56. The number of ether oxygens (including phenoxy) is 1. The highest BCUT2D eigenvalue weighted by Crippen LogP contribution is 2.27. The second-order valence-corrected chi connectivity index (χ2v) is 7.27. The minimum Gasteiger partial charge on any atom is -0.497 e. The van der Waals surface area contributed by atoms with Crippen molar-refractivity contribution in [3.8, 4) is 17.0 Å². The lowest BCUT2D eigenvalue weighted by Crippen LogP contribution is -2.41. The van der Waals surface area contributed by atoms with Crippen LogP contribution in [0.3, 0.4) is 0 Å². The molecule has 1 atom stereocenters. The van der Waals surface area contributed by atoms with Crippen molar-refractivity contribution in [3.63, 3.8) is 0 Å². The molecule has 6 nitrogen and oxygen atoms in total. The largest absolute Gasteiger partial charge is 0.497 e. The number of hydrogen-bond acceptors (Lipinski definition) is 5. The van der Waals surface area contributed by atoms with Crippen LogP contribution < -0.4 is 15.0 Å². The van der Waals surface area contributed by atoms with Crippen LogP contribution in [0.15, 0.2) is 60.9 Å². The number of nitrogens with zero attached hydrogens (tertiary/aromatic N) is 3. The molecule has 2 aromatic carbocycles. The molecule has 1 aliphatic heterocycles. The van der Waals surface area contributed by atoms with Crippen LogP contribution in [-0.4, -0.2) is 36.1 Å². The first-order chi connectivity index (χ1) is 14.6. The number of carbonyl (C=O) groups excluding carboxylic acids is 1. The number of piperidine rings is 1. The maximum absolute atomic E-state index is 13.4. The van der Waals surface area contributed by atoms with E-state index < -0.39 is 0 Å². The number of rotatable bonds is 5. The van der Waals surface area contributed by atoms with Gasteiger partial charge >= 0.3 is 0 Å². The van der Waals surface area contributed by atoms with Crippen LogP contribution in [0.4, 0.5) is 15.9 Å². The highest BCUT2D eigenvalue weighted by atomic mass is 19.1. The third-order valence-electron chi connectivity index (χ3n) is 5.25. The third-order valence-corrected chi connectivity index (χ3v) is 5.25. The standard InChI is InChI=1S/C23H23FN4O2/c1-30-20-9-7-16(8-10-20)21-13-22(26-15-25-21)28-11-3-4-17(14-28)23(29)27-19-6-2-5-18(24)12-19/h2,5-10,12-13,15,17H,3-4,11,14H2,1H3,(H,27,29). The Balaban J connectivity index is 1.47. The smallest absolute Gasteiger partial charge is 0.229 e. The van der Waals surface area contributed by atoms with Gasteiger partial charge in [-0.1, -0.05) is 6.07 Å². The summed E-state index contributed by atoms with van der Waals surface area (Å²) >= 11 is 0. The molecule has 1 fully saturated rings. The summed E-state index contributed by atoms with van der Waals surface area (Å²) in [7, 11) is 1.63. The molecule has 1 aromatic heterocycles. The molecule has 2 heterocycles. The maximum Gasteiger partial charge on any atom is 0.229 e. The van der Waals surface area contributed by atoms with E-state index in [0.717, 1.165) is 42.2 Å². The zero-order chi connectivity index (χ0) is 20.9. The Hall–Kier alpha value is -3.48. The number of nitrogens with one attached hydrogen (secondary N) is 1. The van der Waals surface area contributed by atoms with Gasteiger partial charge in [-0.15, -0.1) is 0 Å². The first kappa shape index (κ1) is 19.8. The van der Waals surface area contributed by atoms with Crippen LogP contribution in [0.5, 0.6) is 5.75 Å². The normalized spacial score (nSPS) is 16.2. The molecule has 1 aliphatic rings. The van der Waals surface area contributed by atoms with E-state index in [-0.39, 0.29) is 17.6 Å². The Morgan fingerprint density at radius 1 is 1.17 bits per heavy atom. The summed E-state index contributed by atoms with van der Waals surface area (Å²) in [6.45, 7) is 1.38. The molecule has 30 heavy (non-hydrogen) atoms. The topological polar surface area (TPSA) is 67.3 Å². The van der Waals surface area contributed by atoms with Gasteiger partial charge in [0.2, 0.25) is 5.91 Å². The number of amides is 1. The molecule has 1 amide bonds. The summed E-state index contributed by atoms with van der Waals surface area (Å²) < 4.78 is 18.6. The molecule has 4 rings (SSSR count). The van der Waals surface area contributed by atoms with E-state index in [1.807, 2.05) is 30.3 Å². The molecule has 0 aliphatic carbocycles. The van der Waals surface area contributed by atoms with Crippen molar-refractivity contribution in [2.24, 2.45) is 5.92 Å². The van der Waals surface area contributed by atoms with Gasteiger partial charge in [-0.05, 0) is 55.3 Å². The Morgan fingerprint density at radius 3 is 2.77 bits per heavy atom. The van der Waals surface area contributed by atoms with E-state index in [2.05, 4.69) is 20.2 Å². The highest BCUT2D eigenvalue weighted by Gasteiger charge is 2.27. The number of aromatic nitrogens is 2. The van der Waals surface area contributed by atoms with Crippen molar-refractivity contribution in [3.05, 3.63) is 66.7 Å². The Kier molecular flexibility index (Phi) is 5.88. The second kappa shape index (κ2) is 8.90. The Morgan fingerprint density at radius 2 is 2.00 bits per heavy atom. The van der Waals surface area contributed by atoms with Gasteiger partial charge in [0.15, 0.2) is 0 Å². The minimum atomic E-state index is -0.370. The van der Waals surface area contributed by atoms with Crippen LogP contribution in [0.1, 0.15) is 12.8 Å². The predicted molar refractivity (Wildman–Crippen MR) is 114 cm³/mol. The molecule has 1 saturated heterocycles. The fourth-order valence-corrected chi connectivity index (χ4v) is 3.65. The summed E-state index contributed by atoms with van der Waals surface area (Å²) in [5, 5.41) is 2.82. The molecule has 154 valence electrons. The first-order valence-electron chi connectivity index (χ1n) is 9.90. The van der Waals surface area contributed by atoms with E-state index in [9.17, 15) is 9.18 Å². The van der Waals surface area contributed by atoms with Crippen molar-refractivity contribution in [2.45, 2.75) is 12.8 Å². The minimum absolute atomic E-state index is 0.102. The quantitative estimate of drug-likeness (QED) is 0.690. The van der Waals surface area contributed by atoms with Crippen LogP contribution in [0.2, 0.25) is 0 Å². The van der Waals surface area contributed by atoms with Crippen molar-refractivity contribution in [1.29, 1.82) is 0 Å². The van der Waals surface area contributed by atoms with Crippen LogP contribution in [-0.2, 0) is 4.79 Å².